The van der Waals surface area contributed by atoms with Crippen LogP contribution >= 0.6 is 0 Å². The van der Waals surface area contributed by atoms with Crippen molar-refractivity contribution in [2.75, 3.05) is 0 Å². The fraction of sp³-hybridized carbons (Fsp3) is 0.400. The van der Waals surface area contributed by atoms with Gasteiger partial charge in [0.2, 0.25) is 0 Å². The van der Waals surface area contributed by atoms with Crippen LogP contribution < -0.4 is 0 Å². The third kappa shape index (κ3) is 1.60. The molecule has 0 N–H and O–H groups in total. The lowest BCUT2D eigenvalue weighted by Gasteiger charge is -2.05. The molecule has 0 heteroatoms. The molecule has 0 fully saturated rings. The maximum absolute atomic E-state index is 2.21. The van der Waals surface area contributed by atoms with Gasteiger partial charge in [0, 0.05) is 0 Å². The number of hydrogen-bond donors (Lipinski definition) is 0. The van der Waals surface area contributed by atoms with Gasteiger partial charge in [0.15, 0.2) is 0 Å². The van der Waals surface area contributed by atoms with E-state index in [0.717, 1.165) is 6.42 Å². The van der Waals surface area contributed by atoms with E-state index in [1.54, 1.807) is 0 Å². The molecule has 0 aromatic rings. The summed E-state index contributed by atoms with van der Waals surface area (Å²) in [5, 5.41) is 0. The van der Waals surface area contributed by atoms with Gasteiger partial charge in [-0.25, -0.2) is 0 Å². The van der Waals surface area contributed by atoms with Crippen LogP contribution in [0.25, 0.3) is 0 Å². The monoisotopic (exact) mass is 134 g/mol. The molecule has 1 aliphatic rings. The zero-order valence-electron chi connectivity index (χ0n) is 6.72. The molecule has 0 nitrogen and oxygen atoms in total. The highest BCUT2D eigenvalue weighted by molar-refractivity contribution is 5.32. The van der Waals surface area contributed by atoms with Gasteiger partial charge < -0.3 is 0 Å². The summed E-state index contributed by atoms with van der Waals surface area (Å²) < 4.78 is 0. The molecule has 0 aromatic heterocycles. The molecule has 0 atom stereocenters. The van der Waals surface area contributed by atoms with Gasteiger partial charge in [-0.05, 0) is 25.3 Å². The normalized spacial score (nSPS) is 21.4. The van der Waals surface area contributed by atoms with E-state index in [4.69, 9.17) is 0 Å². The molecule has 0 radical (unpaired) electrons. The quantitative estimate of drug-likeness (QED) is 0.516. The minimum atomic E-state index is 1.12. The maximum atomic E-state index is 2.21. The molecule has 0 spiro atoms. The summed E-state index contributed by atoms with van der Waals surface area (Å²) in [5.41, 5.74) is 3.01. The summed E-state index contributed by atoms with van der Waals surface area (Å²) >= 11 is 0. The molecule has 0 heterocycles. The highest BCUT2D eigenvalue weighted by Gasteiger charge is 1.96. The highest BCUT2D eigenvalue weighted by atomic mass is 14.0. The van der Waals surface area contributed by atoms with Gasteiger partial charge in [0.1, 0.15) is 0 Å². The third-order valence-electron chi connectivity index (χ3n) is 1.96. The molecule has 0 bridgehead atoms. The van der Waals surface area contributed by atoms with Crippen LogP contribution in [0, 0.1) is 0 Å². The number of allylic oxidation sites excluding steroid dienone is 6. The molecule has 0 saturated heterocycles. The summed E-state index contributed by atoms with van der Waals surface area (Å²) in [7, 11) is 0. The van der Waals surface area contributed by atoms with Crippen molar-refractivity contribution in [3.05, 3.63) is 35.5 Å². The van der Waals surface area contributed by atoms with Crippen LogP contribution in [0.1, 0.15) is 26.7 Å². The fourth-order valence-electron chi connectivity index (χ4n) is 1.06. The second-order valence-corrected chi connectivity index (χ2v) is 2.65. The molecular weight excluding hydrogens is 120 g/mol. The third-order valence-corrected chi connectivity index (χ3v) is 1.96. The average molecular weight is 134 g/mol. The Bertz CT molecular complexity index is 192. The van der Waals surface area contributed by atoms with Crippen molar-refractivity contribution in [1.82, 2.24) is 0 Å². The molecule has 0 amide bonds. The molecule has 0 saturated carbocycles. The Hall–Kier alpha value is -0.780. The molecule has 1 rings (SSSR count). The first-order valence-corrected chi connectivity index (χ1v) is 3.86. The van der Waals surface area contributed by atoms with Crippen LogP contribution in [0.5, 0.6) is 0 Å². The lowest BCUT2D eigenvalue weighted by atomic mass is 10.0. The van der Waals surface area contributed by atoms with Crippen molar-refractivity contribution in [3.63, 3.8) is 0 Å². The van der Waals surface area contributed by atoms with E-state index >= 15 is 0 Å². The van der Waals surface area contributed by atoms with E-state index in [0.29, 0.717) is 0 Å². The van der Waals surface area contributed by atoms with Crippen molar-refractivity contribution < 1.29 is 0 Å². The zero-order chi connectivity index (χ0) is 7.40. The second kappa shape index (κ2) is 3.40. The fourth-order valence-corrected chi connectivity index (χ4v) is 1.06. The Morgan fingerprint density at radius 1 is 1.50 bits per heavy atom. The minimum absolute atomic E-state index is 1.12. The molecule has 0 aromatic carbocycles. The molecular formula is C10H14. The van der Waals surface area contributed by atoms with Crippen molar-refractivity contribution in [1.29, 1.82) is 0 Å². The van der Waals surface area contributed by atoms with Crippen molar-refractivity contribution >= 4 is 0 Å². The first-order chi connectivity index (χ1) is 4.84. The van der Waals surface area contributed by atoms with Crippen LogP contribution in [0.3, 0.4) is 0 Å². The highest BCUT2D eigenvalue weighted by Crippen LogP contribution is 2.16. The molecule has 1 aliphatic carbocycles. The Morgan fingerprint density at radius 3 is 2.80 bits per heavy atom. The summed E-state index contributed by atoms with van der Waals surface area (Å²) in [4.78, 5) is 0. The molecule has 54 valence electrons. The molecule has 10 heavy (non-hydrogen) atoms. The van der Waals surface area contributed by atoms with Crippen LogP contribution in [0.15, 0.2) is 35.5 Å². The van der Waals surface area contributed by atoms with Crippen molar-refractivity contribution in [2.45, 2.75) is 26.7 Å². The number of hydrogen-bond acceptors (Lipinski definition) is 0. The van der Waals surface area contributed by atoms with E-state index in [-0.39, 0.29) is 0 Å². The van der Waals surface area contributed by atoms with Gasteiger partial charge in [-0.1, -0.05) is 36.8 Å². The minimum Gasteiger partial charge on any atom is -0.0801 e. The van der Waals surface area contributed by atoms with Crippen molar-refractivity contribution in [2.24, 2.45) is 0 Å². The van der Waals surface area contributed by atoms with E-state index in [9.17, 15) is 0 Å². The largest absolute Gasteiger partial charge is 0.0801 e. The smallest absolute Gasteiger partial charge is 0.00949 e. The van der Waals surface area contributed by atoms with E-state index < -0.39 is 0 Å². The van der Waals surface area contributed by atoms with Crippen LogP contribution in [0.4, 0.5) is 0 Å². The standard InChI is InChI=1S/C10H14/c1-3-9(2)10-7-5-4-6-8-10/h4-7H,3,8H2,1-2H3/b10-9+. The summed E-state index contributed by atoms with van der Waals surface area (Å²) in [6.07, 6.45) is 10.9. The Morgan fingerprint density at radius 2 is 2.30 bits per heavy atom. The molecule has 0 unspecified atom stereocenters. The van der Waals surface area contributed by atoms with Gasteiger partial charge in [-0.3, -0.25) is 0 Å². The predicted molar refractivity (Wildman–Crippen MR) is 45.9 cm³/mol. The van der Waals surface area contributed by atoms with E-state index in [2.05, 4.69) is 38.2 Å². The summed E-state index contributed by atoms with van der Waals surface area (Å²) in [6, 6.07) is 0. The van der Waals surface area contributed by atoms with Gasteiger partial charge in [0.25, 0.3) is 0 Å². The number of rotatable bonds is 1. The predicted octanol–water partition coefficient (Wildman–Crippen LogP) is 3.23. The average Bonchev–Trinajstić information content (AvgIpc) is 2.05. The first-order valence-electron chi connectivity index (χ1n) is 3.86. The Balaban J connectivity index is 2.74. The van der Waals surface area contributed by atoms with Crippen LogP contribution in [-0.2, 0) is 0 Å². The Kier molecular flexibility index (Phi) is 2.49. The van der Waals surface area contributed by atoms with Gasteiger partial charge >= 0.3 is 0 Å². The summed E-state index contributed by atoms with van der Waals surface area (Å²) in [6.45, 7) is 4.41. The van der Waals surface area contributed by atoms with E-state index in [1.807, 2.05) is 0 Å². The maximum Gasteiger partial charge on any atom is -0.00949 e. The van der Waals surface area contributed by atoms with E-state index in [1.165, 1.54) is 17.6 Å². The topological polar surface area (TPSA) is 0 Å². The lowest BCUT2D eigenvalue weighted by molar-refractivity contribution is 1.04. The van der Waals surface area contributed by atoms with Crippen LogP contribution in [-0.4, -0.2) is 0 Å². The lowest BCUT2D eigenvalue weighted by Crippen LogP contribution is -1.85. The summed E-state index contributed by atoms with van der Waals surface area (Å²) in [5.74, 6) is 0. The van der Waals surface area contributed by atoms with Crippen LogP contribution in [0.2, 0.25) is 0 Å². The SMILES string of the molecule is CC/C(C)=C1\C=CC=CC1. The first kappa shape index (κ1) is 7.33. The molecule has 0 aliphatic heterocycles. The second-order valence-electron chi connectivity index (χ2n) is 2.65. The van der Waals surface area contributed by atoms with Gasteiger partial charge in [-0.15, -0.1) is 0 Å². The Labute approximate surface area is 62.9 Å². The van der Waals surface area contributed by atoms with Gasteiger partial charge in [0.05, 0.1) is 0 Å². The zero-order valence-corrected chi connectivity index (χ0v) is 6.72. The van der Waals surface area contributed by atoms with Crippen molar-refractivity contribution in [3.8, 4) is 0 Å². The van der Waals surface area contributed by atoms with Gasteiger partial charge in [-0.2, -0.15) is 0 Å².